The van der Waals surface area contributed by atoms with Gasteiger partial charge in [0.1, 0.15) is 5.82 Å². The van der Waals surface area contributed by atoms with Crippen molar-refractivity contribution in [3.05, 3.63) is 56.6 Å². The second-order valence-corrected chi connectivity index (χ2v) is 4.18. The third kappa shape index (κ3) is 2.66. The molecule has 0 aliphatic carbocycles. The molecule has 1 aromatic heterocycles. The predicted molar refractivity (Wildman–Crippen MR) is 71.3 cm³/mol. The third-order valence-electron chi connectivity index (χ3n) is 2.81. The minimum absolute atomic E-state index is 0.227. The van der Waals surface area contributed by atoms with Crippen molar-refractivity contribution in [3.8, 4) is 5.69 Å². The van der Waals surface area contributed by atoms with Crippen LogP contribution in [-0.4, -0.2) is 20.9 Å². The summed E-state index contributed by atoms with van der Waals surface area (Å²) in [4.78, 5) is 14.9. The molecule has 0 aliphatic rings. The topological polar surface area (TPSA) is 88.6 Å². The van der Waals surface area contributed by atoms with Crippen LogP contribution in [0.3, 0.4) is 0 Å². The van der Waals surface area contributed by atoms with E-state index in [4.69, 9.17) is 5.53 Å². The average Bonchev–Trinajstić information content (AvgIpc) is 2.68. The lowest BCUT2D eigenvalue weighted by Gasteiger charge is -2.00. The van der Waals surface area contributed by atoms with Gasteiger partial charge in [0.05, 0.1) is 5.69 Å². The van der Waals surface area contributed by atoms with Crippen LogP contribution in [0.4, 0.5) is 0 Å². The van der Waals surface area contributed by atoms with Crippen molar-refractivity contribution < 1.29 is 0 Å². The van der Waals surface area contributed by atoms with Gasteiger partial charge in [0, 0.05) is 18.0 Å². The molecule has 0 unspecified atom stereocenters. The monoisotopic (exact) mass is 258 g/mol. The Balaban J connectivity index is 2.38. The molecule has 0 saturated heterocycles. The molecule has 0 bridgehead atoms. The predicted octanol–water partition coefficient (Wildman–Crippen LogP) is 1.96. The van der Waals surface area contributed by atoms with Crippen LogP contribution in [0.5, 0.6) is 0 Å². The highest BCUT2D eigenvalue weighted by molar-refractivity contribution is 5.32. The lowest BCUT2D eigenvalue weighted by atomic mass is 10.2. The van der Waals surface area contributed by atoms with Gasteiger partial charge in [-0.2, -0.15) is 9.78 Å². The first-order valence-corrected chi connectivity index (χ1v) is 5.88. The van der Waals surface area contributed by atoms with Gasteiger partial charge in [-0.3, -0.25) is 4.57 Å². The summed E-state index contributed by atoms with van der Waals surface area (Å²) in [6.45, 7) is 4.30. The smallest absolute Gasteiger partial charge is 0.279 e. The Morgan fingerprint density at radius 2 is 2.00 bits per heavy atom. The summed E-state index contributed by atoms with van der Waals surface area (Å²) in [5, 5.41) is 7.65. The van der Waals surface area contributed by atoms with Crippen molar-refractivity contribution in [1.82, 2.24) is 14.3 Å². The largest absolute Gasteiger partial charge is 0.350 e. The van der Waals surface area contributed by atoms with Gasteiger partial charge in [0.2, 0.25) is 0 Å². The minimum Gasteiger partial charge on any atom is -0.279 e. The van der Waals surface area contributed by atoms with Gasteiger partial charge in [0.25, 0.3) is 0 Å². The molecule has 0 saturated carbocycles. The zero-order valence-electron chi connectivity index (χ0n) is 10.8. The Labute approximate surface area is 109 Å². The first kappa shape index (κ1) is 12.9. The summed E-state index contributed by atoms with van der Waals surface area (Å²) >= 11 is 0. The standard InChI is InChI=1S/C12H14N6O/c1-9-3-5-11(6-4-9)18-12(19)17(10(2)15-18)8-7-14-16-13/h3-6H,7-8H2,1-2H3. The number of nitrogens with zero attached hydrogens (tertiary/aromatic N) is 6. The maximum atomic E-state index is 12.2. The zero-order chi connectivity index (χ0) is 13.8. The normalized spacial score (nSPS) is 10.2. The minimum atomic E-state index is -0.227. The molecular weight excluding hydrogens is 244 g/mol. The van der Waals surface area contributed by atoms with Gasteiger partial charge in [-0.15, -0.1) is 0 Å². The molecule has 0 spiro atoms. The highest BCUT2D eigenvalue weighted by Gasteiger charge is 2.10. The maximum absolute atomic E-state index is 12.2. The van der Waals surface area contributed by atoms with E-state index in [1.54, 1.807) is 6.92 Å². The Kier molecular flexibility index (Phi) is 3.68. The van der Waals surface area contributed by atoms with Crippen LogP contribution in [-0.2, 0) is 6.54 Å². The Morgan fingerprint density at radius 1 is 1.32 bits per heavy atom. The lowest BCUT2D eigenvalue weighted by Crippen LogP contribution is -2.25. The van der Waals surface area contributed by atoms with E-state index in [0.717, 1.165) is 11.3 Å². The van der Waals surface area contributed by atoms with Gasteiger partial charge in [-0.25, -0.2) is 4.79 Å². The first-order valence-electron chi connectivity index (χ1n) is 5.88. The SMILES string of the molecule is Cc1ccc(-n2nc(C)n(CCN=[N+]=[N-])c2=O)cc1. The summed E-state index contributed by atoms with van der Waals surface area (Å²) in [6.07, 6.45) is 0. The van der Waals surface area contributed by atoms with Crippen LogP contribution in [0.2, 0.25) is 0 Å². The molecule has 2 rings (SSSR count). The molecule has 7 nitrogen and oxygen atoms in total. The van der Waals surface area contributed by atoms with Crippen LogP contribution in [0.1, 0.15) is 11.4 Å². The van der Waals surface area contributed by atoms with Crippen molar-refractivity contribution in [1.29, 1.82) is 0 Å². The number of aryl methyl sites for hydroxylation is 2. The van der Waals surface area contributed by atoms with Crippen LogP contribution in [0.25, 0.3) is 16.1 Å². The second kappa shape index (κ2) is 5.41. The van der Waals surface area contributed by atoms with Gasteiger partial charge in [0.15, 0.2) is 0 Å². The Hall–Kier alpha value is -2.53. The summed E-state index contributed by atoms with van der Waals surface area (Å²) in [7, 11) is 0. The molecule has 1 aromatic carbocycles. The van der Waals surface area contributed by atoms with E-state index in [2.05, 4.69) is 15.1 Å². The molecule has 1 heterocycles. The number of hydrogen-bond acceptors (Lipinski definition) is 3. The van der Waals surface area contributed by atoms with E-state index in [1.807, 2.05) is 31.2 Å². The fourth-order valence-corrected chi connectivity index (χ4v) is 1.80. The van der Waals surface area contributed by atoms with E-state index in [-0.39, 0.29) is 12.2 Å². The molecule has 2 aromatic rings. The number of hydrogen-bond donors (Lipinski definition) is 0. The van der Waals surface area contributed by atoms with Gasteiger partial charge >= 0.3 is 5.69 Å². The van der Waals surface area contributed by atoms with Crippen molar-refractivity contribution in [2.45, 2.75) is 20.4 Å². The summed E-state index contributed by atoms with van der Waals surface area (Å²) < 4.78 is 2.85. The molecule has 0 aliphatic heterocycles. The molecule has 19 heavy (non-hydrogen) atoms. The lowest BCUT2D eigenvalue weighted by molar-refractivity contribution is 0.655. The third-order valence-corrected chi connectivity index (χ3v) is 2.81. The Morgan fingerprint density at radius 3 is 2.63 bits per heavy atom. The van der Waals surface area contributed by atoms with Crippen molar-refractivity contribution in [3.63, 3.8) is 0 Å². The molecule has 7 heteroatoms. The van der Waals surface area contributed by atoms with Gasteiger partial charge in [-0.1, -0.05) is 22.8 Å². The Bertz CT molecular complexity index is 675. The number of aromatic nitrogens is 3. The van der Waals surface area contributed by atoms with Crippen LogP contribution >= 0.6 is 0 Å². The second-order valence-electron chi connectivity index (χ2n) is 4.18. The number of rotatable bonds is 4. The highest BCUT2D eigenvalue weighted by atomic mass is 16.2. The van der Waals surface area contributed by atoms with Crippen LogP contribution in [0.15, 0.2) is 34.2 Å². The first-order chi connectivity index (χ1) is 9.13. The molecule has 0 N–H and O–H groups in total. The van der Waals surface area contributed by atoms with Gasteiger partial charge in [-0.05, 0) is 31.5 Å². The van der Waals surface area contributed by atoms with E-state index in [9.17, 15) is 4.79 Å². The summed E-state index contributed by atoms with van der Waals surface area (Å²) in [5.41, 5.74) is 9.86. The molecule has 0 amide bonds. The van der Waals surface area contributed by atoms with Gasteiger partial charge < -0.3 is 0 Å². The maximum Gasteiger partial charge on any atom is 0.350 e. The molecule has 98 valence electrons. The van der Waals surface area contributed by atoms with Crippen molar-refractivity contribution >= 4 is 0 Å². The van der Waals surface area contributed by atoms with Crippen molar-refractivity contribution in [2.24, 2.45) is 5.11 Å². The molecule has 0 fully saturated rings. The fourth-order valence-electron chi connectivity index (χ4n) is 1.80. The quantitative estimate of drug-likeness (QED) is 0.476. The molecule has 0 atom stereocenters. The van der Waals surface area contributed by atoms with E-state index >= 15 is 0 Å². The number of benzene rings is 1. The summed E-state index contributed by atoms with van der Waals surface area (Å²) in [5.74, 6) is 0.596. The highest BCUT2D eigenvalue weighted by Crippen LogP contribution is 2.06. The van der Waals surface area contributed by atoms with E-state index in [1.165, 1.54) is 9.25 Å². The fraction of sp³-hybridized carbons (Fsp3) is 0.333. The summed E-state index contributed by atoms with van der Waals surface area (Å²) in [6, 6.07) is 7.55. The molecule has 0 radical (unpaired) electrons. The molecular formula is C12H14N6O. The van der Waals surface area contributed by atoms with Crippen LogP contribution in [0, 0.1) is 13.8 Å². The van der Waals surface area contributed by atoms with E-state index < -0.39 is 0 Å². The number of azide groups is 1. The zero-order valence-corrected chi connectivity index (χ0v) is 10.8. The van der Waals surface area contributed by atoms with Crippen molar-refractivity contribution in [2.75, 3.05) is 6.54 Å². The average molecular weight is 258 g/mol. The van der Waals surface area contributed by atoms with E-state index in [0.29, 0.717) is 12.4 Å². The van der Waals surface area contributed by atoms with Crippen LogP contribution < -0.4 is 5.69 Å².